The molecule has 0 aliphatic carbocycles. The van der Waals surface area contributed by atoms with Crippen molar-refractivity contribution in [2.24, 2.45) is 0 Å². The largest absolute Gasteiger partial charge is 0.478 e. The molecule has 1 aromatic rings. The van der Waals surface area contributed by atoms with Crippen LogP contribution in [0.15, 0.2) is 42.5 Å². The number of benzene rings is 1. The molecule has 0 heterocycles. The van der Waals surface area contributed by atoms with E-state index in [-0.39, 0.29) is 5.92 Å². The lowest BCUT2D eigenvalue weighted by atomic mass is 10.0. The van der Waals surface area contributed by atoms with Gasteiger partial charge in [-0.3, -0.25) is 4.79 Å². The Morgan fingerprint density at radius 1 is 1.29 bits per heavy atom. The number of carboxylic acid groups (broad SMARTS) is 1. The van der Waals surface area contributed by atoms with Gasteiger partial charge in [-0.15, -0.1) is 0 Å². The van der Waals surface area contributed by atoms with Gasteiger partial charge in [0.15, 0.2) is 0 Å². The van der Waals surface area contributed by atoms with Crippen LogP contribution in [0.5, 0.6) is 0 Å². The van der Waals surface area contributed by atoms with Crippen LogP contribution in [0, 0.1) is 0 Å². The molecule has 4 nitrogen and oxygen atoms in total. The highest BCUT2D eigenvalue weighted by Crippen LogP contribution is 2.12. The Bertz CT molecular complexity index is 412. The van der Waals surface area contributed by atoms with Crippen molar-refractivity contribution >= 4 is 11.9 Å². The maximum absolute atomic E-state index is 11.2. The molecule has 0 fully saturated rings. The fourth-order valence-corrected chi connectivity index (χ4v) is 1.36. The predicted octanol–water partition coefficient (Wildman–Crippen LogP) is 1.55. The number of rotatable bonds is 5. The summed E-state index contributed by atoms with van der Waals surface area (Å²) in [5.41, 5.74) is 1.13. The first-order valence-electron chi connectivity index (χ1n) is 5.33. The third kappa shape index (κ3) is 4.97. The molecule has 0 saturated heterocycles. The molecular formula is C13H15NO3. The van der Waals surface area contributed by atoms with Crippen molar-refractivity contribution in [1.29, 1.82) is 0 Å². The number of carboxylic acids is 1. The summed E-state index contributed by atoms with van der Waals surface area (Å²) >= 11 is 0. The molecule has 1 aromatic carbocycles. The molecule has 0 spiro atoms. The Hall–Kier alpha value is -2.10. The first-order valence-corrected chi connectivity index (χ1v) is 5.33. The smallest absolute Gasteiger partial charge is 0.328 e. The maximum Gasteiger partial charge on any atom is 0.328 e. The van der Waals surface area contributed by atoms with E-state index in [2.05, 4.69) is 5.32 Å². The van der Waals surface area contributed by atoms with Crippen LogP contribution in [0.3, 0.4) is 0 Å². The fraction of sp³-hybridized carbons (Fsp3) is 0.231. The molecule has 1 atom stereocenters. The van der Waals surface area contributed by atoms with E-state index in [0.717, 1.165) is 17.7 Å². The van der Waals surface area contributed by atoms with E-state index >= 15 is 0 Å². The van der Waals surface area contributed by atoms with Gasteiger partial charge in [0.25, 0.3) is 0 Å². The quantitative estimate of drug-likeness (QED) is 0.758. The van der Waals surface area contributed by atoms with Crippen molar-refractivity contribution < 1.29 is 14.7 Å². The third-order valence-electron chi connectivity index (χ3n) is 2.33. The average molecular weight is 233 g/mol. The standard InChI is InChI=1S/C13H15NO3/c1-10(11-5-3-2-4-6-11)9-14-12(15)7-8-13(16)17/h2-8,10H,9H2,1H3,(H,14,15)(H,16,17). The Morgan fingerprint density at radius 2 is 1.94 bits per heavy atom. The van der Waals surface area contributed by atoms with E-state index in [1.807, 2.05) is 37.3 Å². The topological polar surface area (TPSA) is 66.4 Å². The summed E-state index contributed by atoms with van der Waals surface area (Å²) in [4.78, 5) is 21.4. The Balaban J connectivity index is 2.41. The summed E-state index contributed by atoms with van der Waals surface area (Å²) in [6.07, 6.45) is 1.84. The van der Waals surface area contributed by atoms with Gasteiger partial charge < -0.3 is 10.4 Å². The van der Waals surface area contributed by atoms with E-state index in [0.29, 0.717) is 6.54 Å². The molecule has 1 amide bonds. The minimum absolute atomic E-state index is 0.193. The molecule has 1 rings (SSSR count). The maximum atomic E-state index is 11.2. The van der Waals surface area contributed by atoms with Gasteiger partial charge in [0.2, 0.25) is 5.91 Å². The zero-order valence-corrected chi connectivity index (χ0v) is 9.59. The molecule has 0 saturated carbocycles. The molecule has 90 valence electrons. The summed E-state index contributed by atoms with van der Waals surface area (Å²) < 4.78 is 0. The Kier molecular flexibility index (Phi) is 4.94. The number of aliphatic carboxylic acids is 1. The van der Waals surface area contributed by atoms with Crippen molar-refractivity contribution in [1.82, 2.24) is 5.32 Å². The molecule has 0 aliphatic rings. The molecule has 2 N–H and O–H groups in total. The summed E-state index contributed by atoms with van der Waals surface area (Å²) in [6, 6.07) is 9.80. The normalized spacial score (nSPS) is 12.3. The lowest BCUT2D eigenvalue weighted by Crippen LogP contribution is -2.25. The number of hydrogen-bond acceptors (Lipinski definition) is 2. The summed E-state index contributed by atoms with van der Waals surface area (Å²) in [5, 5.41) is 11.0. The number of hydrogen-bond donors (Lipinski definition) is 2. The second-order valence-electron chi connectivity index (χ2n) is 3.73. The van der Waals surface area contributed by atoms with E-state index in [1.54, 1.807) is 0 Å². The van der Waals surface area contributed by atoms with Crippen LogP contribution in [0.2, 0.25) is 0 Å². The zero-order valence-electron chi connectivity index (χ0n) is 9.59. The van der Waals surface area contributed by atoms with Crippen LogP contribution in [0.4, 0.5) is 0 Å². The van der Waals surface area contributed by atoms with Crippen LogP contribution >= 0.6 is 0 Å². The van der Waals surface area contributed by atoms with Gasteiger partial charge in [0.05, 0.1) is 0 Å². The van der Waals surface area contributed by atoms with E-state index in [1.165, 1.54) is 0 Å². The molecule has 4 heteroatoms. The van der Waals surface area contributed by atoms with E-state index in [9.17, 15) is 9.59 Å². The first kappa shape index (κ1) is 13.0. The van der Waals surface area contributed by atoms with E-state index < -0.39 is 11.9 Å². The molecule has 1 unspecified atom stereocenters. The van der Waals surface area contributed by atoms with Crippen LogP contribution in [0.25, 0.3) is 0 Å². The highest BCUT2D eigenvalue weighted by Gasteiger charge is 2.05. The second kappa shape index (κ2) is 6.48. The SMILES string of the molecule is CC(CNC(=O)C=CC(=O)O)c1ccccc1. The van der Waals surface area contributed by atoms with Gasteiger partial charge in [-0.1, -0.05) is 37.3 Å². The zero-order chi connectivity index (χ0) is 12.7. The molecule has 0 bridgehead atoms. The number of amides is 1. The van der Waals surface area contributed by atoms with Gasteiger partial charge in [-0.05, 0) is 11.5 Å². The van der Waals surface area contributed by atoms with Gasteiger partial charge in [-0.25, -0.2) is 4.79 Å². The molecule has 0 aromatic heterocycles. The summed E-state index contributed by atoms with van der Waals surface area (Å²) in [7, 11) is 0. The van der Waals surface area contributed by atoms with Gasteiger partial charge in [0.1, 0.15) is 0 Å². The molecule has 17 heavy (non-hydrogen) atoms. The van der Waals surface area contributed by atoms with Crippen LogP contribution in [0.1, 0.15) is 18.4 Å². The second-order valence-corrected chi connectivity index (χ2v) is 3.73. The van der Waals surface area contributed by atoms with Gasteiger partial charge >= 0.3 is 5.97 Å². The number of carbonyl (C=O) groups excluding carboxylic acids is 1. The summed E-state index contributed by atoms with van der Waals surface area (Å²) in [6.45, 7) is 2.48. The fourth-order valence-electron chi connectivity index (χ4n) is 1.36. The number of nitrogens with one attached hydrogen (secondary N) is 1. The first-order chi connectivity index (χ1) is 8.09. The lowest BCUT2D eigenvalue weighted by Gasteiger charge is -2.11. The van der Waals surface area contributed by atoms with Crippen LogP contribution in [-0.4, -0.2) is 23.5 Å². The summed E-state index contributed by atoms with van der Waals surface area (Å²) in [5.74, 6) is -1.33. The van der Waals surface area contributed by atoms with Crippen LogP contribution < -0.4 is 5.32 Å². The minimum Gasteiger partial charge on any atom is -0.478 e. The molecule has 0 aliphatic heterocycles. The van der Waals surface area contributed by atoms with Crippen molar-refractivity contribution in [2.45, 2.75) is 12.8 Å². The van der Waals surface area contributed by atoms with Crippen LogP contribution in [-0.2, 0) is 9.59 Å². The Morgan fingerprint density at radius 3 is 2.53 bits per heavy atom. The number of carbonyl (C=O) groups is 2. The minimum atomic E-state index is -1.13. The van der Waals surface area contributed by atoms with Crippen molar-refractivity contribution in [3.63, 3.8) is 0 Å². The van der Waals surface area contributed by atoms with E-state index in [4.69, 9.17) is 5.11 Å². The average Bonchev–Trinajstić information content (AvgIpc) is 2.34. The molecule has 0 radical (unpaired) electrons. The predicted molar refractivity (Wildman–Crippen MR) is 64.6 cm³/mol. The highest BCUT2D eigenvalue weighted by molar-refractivity contribution is 5.93. The third-order valence-corrected chi connectivity index (χ3v) is 2.33. The lowest BCUT2D eigenvalue weighted by molar-refractivity contribution is -0.131. The van der Waals surface area contributed by atoms with Crippen molar-refractivity contribution in [2.75, 3.05) is 6.54 Å². The van der Waals surface area contributed by atoms with Gasteiger partial charge in [-0.2, -0.15) is 0 Å². The highest BCUT2D eigenvalue weighted by atomic mass is 16.4. The van der Waals surface area contributed by atoms with Crippen molar-refractivity contribution in [3.05, 3.63) is 48.0 Å². The Labute approximate surface area is 100.0 Å². The molecular weight excluding hydrogens is 218 g/mol. The van der Waals surface area contributed by atoms with Crippen molar-refractivity contribution in [3.8, 4) is 0 Å². The van der Waals surface area contributed by atoms with Gasteiger partial charge in [0, 0.05) is 18.7 Å². The monoisotopic (exact) mass is 233 g/mol.